The number of thioether (sulfide) groups is 1. The second kappa shape index (κ2) is 8.15. The van der Waals surface area contributed by atoms with Crippen molar-refractivity contribution in [3.8, 4) is 0 Å². The Morgan fingerprint density at radius 1 is 1.15 bits per heavy atom. The number of amides is 2. The van der Waals surface area contributed by atoms with E-state index in [0.717, 1.165) is 22.4 Å². The average molecular weight is 402 g/mol. The molecule has 0 radical (unpaired) electrons. The van der Waals surface area contributed by atoms with Crippen LogP contribution in [0.15, 0.2) is 41.4 Å². The fraction of sp³-hybridized carbons (Fsp3) is 0.250. The molecule has 0 aliphatic carbocycles. The van der Waals surface area contributed by atoms with E-state index in [0.29, 0.717) is 15.9 Å². The largest absolute Gasteiger partial charge is 0.326 e. The van der Waals surface area contributed by atoms with Crippen molar-refractivity contribution in [2.75, 3.05) is 5.32 Å². The fourth-order valence-corrected chi connectivity index (χ4v) is 3.72. The van der Waals surface area contributed by atoms with Crippen molar-refractivity contribution in [2.45, 2.75) is 32.4 Å². The van der Waals surface area contributed by atoms with Gasteiger partial charge in [0.25, 0.3) is 0 Å². The molecule has 2 aromatic carbocycles. The van der Waals surface area contributed by atoms with Gasteiger partial charge >= 0.3 is 0 Å². The number of halogens is 1. The first-order valence-electron chi connectivity index (χ1n) is 8.51. The maximum Gasteiger partial charge on any atom is 0.240 e. The molecule has 1 saturated heterocycles. The lowest BCUT2D eigenvalue weighted by molar-refractivity contribution is -0.122. The van der Waals surface area contributed by atoms with Crippen LogP contribution in [0.1, 0.15) is 23.1 Å². The molecule has 1 aliphatic rings. The lowest BCUT2D eigenvalue weighted by atomic mass is 10.1. The Balaban J connectivity index is 1.63. The smallest absolute Gasteiger partial charge is 0.240 e. The number of amidine groups is 1. The molecule has 5 nitrogen and oxygen atoms in total. The van der Waals surface area contributed by atoms with Gasteiger partial charge < -0.3 is 10.6 Å². The number of anilines is 1. The van der Waals surface area contributed by atoms with Gasteiger partial charge in [0.05, 0.1) is 5.69 Å². The molecule has 2 N–H and O–H groups in total. The maximum atomic E-state index is 12.3. The number of nitrogens with one attached hydrogen (secondary N) is 2. The van der Waals surface area contributed by atoms with Crippen LogP contribution in [0.4, 0.5) is 11.4 Å². The summed E-state index contributed by atoms with van der Waals surface area (Å²) in [6.45, 7) is 5.92. The highest BCUT2D eigenvalue weighted by Gasteiger charge is 2.32. The molecule has 1 fully saturated rings. The highest BCUT2D eigenvalue weighted by molar-refractivity contribution is 8.15. The van der Waals surface area contributed by atoms with E-state index in [1.807, 2.05) is 51.1 Å². The topological polar surface area (TPSA) is 70.6 Å². The second-order valence-corrected chi connectivity index (χ2v) is 8.10. The van der Waals surface area contributed by atoms with E-state index in [9.17, 15) is 9.59 Å². The summed E-state index contributed by atoms with van der Waals surface area (Å²) in [4.78, 5) is 28.9. The Morgan fingerprint density at radius 2 is 1.89 bits per heavy atom. The summed E-state index contributed by atoms with van der Waals surface area (Å²) in [5, 5.41) is 6.16. The first-order chi connectivity index (χ1) is 12.8. The Morgan fingerprint density at radius 3 is 2.59 bits per heavy atom. The maximum absolute atomic E-state index is 12.3. The number of benzene rings is 2. The number of nitrogens with zero attached hydrogens (tertiary/aromatic N) is 1. The van der Waals surface area contributed by atoms with Gasteiger partial charge in [-0.1, -0.05) is 35.5 Å². The van der Waals surface area contributed by atoms with E-state index < -0.39 is 5.25 Å². The molecule has 2 aromatic rings. The summed E-state index contributed by atoms with van der Waals surface area (Å²) < 4.78 is 0. The molecule has 2 amide bonds. The molecular formula is C20H20ClN3O2S. The Kier molecular flexibility index (Phi) is 5.87. The van der Waals surface area contributed by atoms with Crippen molar-refractivity contribution in [3.05, 3.63) is 58.1 Å². The number of hydrogen-bond acceptors (Lipinski definition) is 4. The summed E-state index contributed by atoms with van der Waals surface area (Å²) in [5.74, 6) is -0.419. The van der Waals surface area contributed by atoms with Crippen molar-refractivity contribution >= 4 is 51.7 Å². The summed E-state index contributed by atoms with van der Waals surface area (Å²) in [5.41, 5.74) is 4.62. The van der Waals surface area contributed by atoms with Gasteiger partial charge in [0.15, 0.2) is 5.17 Å². The zero-order chi connectivity index (χ0) is 19.6. The third-order valence-electron chi connectivity index (χ3n) is 4.32. The van der Waals surface area contributed by atoms with Gasteiger partial charge in [-0.3, -0.25) is 9.59 Å². The summed E-state index contributed by atoms with van der Waals surface area (Å²) in [6, 6.07) is 11.2. The number of aryl methyl sites for hydroxylation is 3. The third kappa shape index (κ3) is 4.90. The number of carbonyl (C=O) groups is 2. The molecule has 0 bridgehead atoms. The second-order valence-electron chi connectivity index (χ2n) is 6.50. The summed E-state index contributed by atoms with van der Waals surface area (Å²) in [7, 11) is 0. The van der Waals surface area contributed by atoms with Crippen LogP contribution in [0.25, 0.3) is 0 Å². The van der Waals surface area contributed by atoms with E-state index in [2.05, 4.69) is 15.6 Å². The number of aliphatic imine (C=N–C) groups is 1. The molecule has 0 spiro atoms. The van der Waals surface area contributed by atoms with Crippen LogP contribution in [-0.4, -0.2) is 22.2 Å². The molecule has 1 atom stereocenters. The number of carbonyl (C=O) groups excluding carboxylic acids is 2. The van der Waals surface area contributed by atoms with Crippen LogP contribution < -0.4 is 10.6 Å². The third-order valence-corrected chi connectivity index (χ3v) is 5.81. The van der Waals surface area contributed by atoms with Crippen LogP contribution in [0.3, 0.4) is 0 Å². The standard InChI is InChI=1S/C20H20ClN3O2S/c1-11-4-6-14(8-13(11)3)22-18(25)10-17-19(26)24-20(27-17)23-15-7-5-12(2)16(21)9-15/h4-9,17H,10H2,1-3H3,(H,22,25)(H,23,24,26)/t17-/m0/s1. The lowest BCUT2D eigenvalue weighted by Gasteiger charge is -2.09. The highest BCUT2D eigenvalue weighted by atomic mass is 35.5. The van der Waals surface area contributed by atoms with E-state index in [4.69, 9.17) is 11.6 Å². The molecule has 7 heteroatoms. The van der Waals surface area contributed by atoms with E-state index in [-0.39, 0.29) is 18.2 Å². The molecule has 140 valence electrons. The zero-order valence-electron chi connectivity index (χ0n) is 15.3. The van der Waals surface area contributed by atoms with E-state index in [1.165, 1.54) is 11.8 Å². The molecule has 3 rings (SSSR count). The minimum Gasteiger partial charge on any atom is -0.326 e. The highest BCUT2D eigenvalue weighted by Crippen LogP contribution is 2.28. The molecule has 0 unspecified atom stereocenters. The predicted molar refractivity (Wildman–Crippen MR) is 112 cm³/mol. The van der Waals surface area contributed by atoms with Gasteiger partial charge in [-0.25, -0.2) is 4.99 Å². The van der Waals surface area contributed by atoms with Gasteiger partial charge in [0.2, 0.25) is 11.8 Å². The van der Waals surface area contributed by atoms with Crippen molar-refractivity contribution in [3.63, 3.8) is 0 Å². The molecular weight excluding hydrogens is 382 g/mol. The van der Waals surface area contributed by atoms with Crippen molar-refractivity contribution < 1.29 is 9.59 Å². The zero-order valence-corrected chi connectivity index (χ0v) is 16.9. The predicted octanol–water partition coefficient (Wildman–Crippen LogP) is 4.51. The Bertz CT molecular complexity index is 943. The van der Waals surface area contributed by atoms with E-state index in [1.54, 1.807) is 6.07 Å². The first-order valence-corrected chi connectivity index (χ1v) is 9.77. The first kappa shape index (κ1) is 19.5. The van der Waals surface area contributed by atoms with Crippen molar-refractivity contribution in [1.29, 1.82) is 0 Å². The van der Waals surface area contributed by atoms with Gasteiger partial charge in [0, 0.05) is 17.1 Å². The molecule has 27 heavy (non-hydrogen) atoms. The van der Waals surface area contributed by atoms with Crippen molar-refractivity contribution in [1.82, 2.24) is 5.32 Å². The average Bonchev–Trinajstić information content (AvgIpc) is 2.93. The quantitative estimate of drug-likeness (QED) is 0.791. The molecule has 0 saturated carbocycles. The normalized spacial score (nSPS) is 17.9. The number of hydrogen-bond donors (Lipinski definition) is 2. The van der Waals surface area contributed by atoms with Crippen LogP contribution in [-0.2, 0) is 9.59 Å². The summed E-state index contributed by atoms with van der Waals surface area (Å²) >= 11 is 7.36. The minimum atomic E-state index is -0.504. The van der Waals surface area contributed by atoms with E-state index >= 15 is 0 Å². The summed E-state index contributed by atoms with van der Waals surface area (Å²) in [6.07, 6.45) is 0.0805. The van der Waals surface area contributed by atoms with Gasteiger partial charge in [-0.2, -0.15) is 0 Å². The van der Waals surface area contributed by atoms with Crippen LogP contribution in [0.2, 0.25) is 5.02 Å². The molecule has 1 heterocycles. The molecule has 1 aliphatic heterocycles. The van der Waals surface area contributed by atoms with Crippen molar-refractivity contribution in [2.24, 2.45) is 4.99 Å². The van der Waals surface area contributed by atoms with Crippen LogP contribution >= 0.6 is 23.4 Å². The Hall–Kier alpha value is -2.31. The van der Waals surface area contributed by atoms with Crippen LogP contribution in [0, 0.1) is 20.8 Å². The minimum absolute atomic E-state index is 0.0805. The SMILES string of the molecule is Cc1ccc(NC(=O)C[C@@H]2SC(=Nc3ccc(C)c(Cl)c3)NC2=O)cc1C. The van der Waals surface area contributed by atoms with Gasteiger partial charge in [0.1, 0.15) is 5.25 Å². The van der Waals surface area contributed by atoms with Crippen LogP contribution in [0.5, 0.6) is 0 Å². The monoisotopic (exact) mass is 401 g/mol. The number of rotatable bonds is 4. The fourth-order valence-electron chi connectivity index (χ4n) is 2.56. The van der Waals surface area contributed by atoms with Gasteiger partial charge in [-0.15, -0.1) is 0 Å². The van der Waals surface area contributed by atoms with Gasteiger partial charge in [-0.05, 0) is 61.7 Å². The lowest BCUT2D eigenvalue weighted by Crippen LogP contribution is -2.28. The Labute approximate surface area is 167 Å². The molecule has 0 aromatic heterocycles.